The van der Waals surface area contributed by atoms with Gasteiger partial charge in [-0.3, -0.25) is 0 Å². The summed E-state index contributed by atoms with van der Waals surface area (Å²) in [6.07, 6.45) is 2.34. The van der Waals surface area contributed by atoms with Gasteiger partial charge in [0.1, 0.15) is 5.75 Å². The first kappa shape index (κ1) is 12.4. The number of pyridine rings is 1. The Hall–Kier alpha value is -1.62. The lowest BCUT2D eigenvalue weighted by Gasteiger charge is -2.10. The summed E-state index contributed by atoms with van der Waals surface area (Å²) in [7, 11) is 3.99. The van der Waals surface area contributed by atoms with E-state index in [4.69, 9.17) is 9.84 Å². The third-order valence-electron chi connectivity index (χ3n) is 1.97. The van der Waals surface area contributed by atoms with Gasteiger partial charge in [0.15, 0.2) is 5.69 Å². The topological polar surface area (TPSA) is 62.7 Å². The maximum atomic E-state index is 10.6. The van der Waals surface area contributed by atoms with Gasteiger partial charge in [-0.1, -0.05) is 0 Å². The van der Waals surface area contributed by atoms with Gasteiger partial charge in [-0.05, 0) is 26.6 Å². The van der Waals surface area contributed by atoms with Crippen molar-refractivity contribution < 1.29 is 14.6 Å². The van der Waals surface area contributed by atoms with Crippen LogP contribution >= 0.6 is 0 Å². The predicted octanol–water partition coefficient (Wildman–Crippen LogP) is 1.11. The van der Waals surface area contributed by atoms with Gasteiger partial charge in [0.2, 0.25) is 0 Å². The quantitative estimate of drug-likeness (QED) is 0.733. The van der Waals surface area contributed by atoms with Crippen molar-refractivity contribution in [2.45, 2.75) is 6.42 Å². The van der Waals surface area contributed by atoms with E-state index < -0.39 is 5.97 Å². The molecule has 0 fully saturated rings. The Morgan fingerprint density at radius 3 is 2.94 bits per heavy atom. The molecule has 1 rings (SSSR count). The Morgan fingerprint density at radius 2 is 2.31 bits per heavy atom. The lowest BCUT2D eigenvalue weighted by Crippen LogP contribution is -2.15. The van der Waals surface area contributed by atoms with E-state index in [0.717, 1.165) is 13.0 Å². The summed E-state index contributed by atoms with van der Waals surface area (Å²) in [5, 5.41) is 8.73. The van der Waals surface area contributed by atoms with Crippen molar-refractivity contribution in [2.24, 2.45) is 0 Å². The van der Waals surface area contributed by atoms with Crippen LogP contribution in [0, 0.1) is 0 Å². The van der Waals surface area contributed by atoms with E-state index in [2.05, 4.69) is 9.88 Å². The third-order valence-corrected chi connectivity index (χ3v) is 1.97. The molecule has 0 atom stereocenters. The first-order valence-corrected chi connectivity index (χ1v) is 5.06. The maximum absolute atomic E-state index is 10.6. The van der Waals surface area contributed by atoms with Gasteiger partial charge in [0, 0.05) is 18.8 Å². The molecule has 5 heteroatoms. The molecule has 16 heavy (non-hydrogen) atoms. The predicted molar refractivity (Wildman–Crippen MR) is 59.9 cm³/mol. The second-order valence-corrected chi connectivity index (χ2v) is 3.69. The second kappa shape index (κ2) is 6.07. The Bertz CT molecular complexity index is 353. The SMILES string of the molecule is CN(C)CCCOc1ccnc(C(=O)O)c1. The molecule has 1 aromatic rings. The third kappa shape index (κ3) is 4.27. The van der Waals surface area contributed by atoms with Crippen LogP contribution in [0.25, 0.3) is 0 Å². The monoisotopic (exact) mass is 224 g/mol. The number of rotatable bonds is 6. The summed E-state index contributed by atoms with van der Waals surface area (Å²) >= 11 is 0. The highest BCUT2D eigenvalue weighted by Crippen LogP contribution is 2.11. The molecule has 1 aromatic heterocycles. The number of aromatic nitrogens is 1. The van der Waals surface area contributed by atoms with Crippen LogP contribution in [0.3, 0.4) is 0 Å². The fourth-order valence-electron chi connectivity index (χ4n) is 1.19. The fraction of sp³-hybridized carbons (Fsp3) is 0.455. The van der Waals surface area contributed by atoms with Crippen molar-refractivity contribution in [3.8, 4) is 5.75 Å². The minimum atomic E-state index is -1.04. The number of nitrogens with zero attached hydrogens (tertiary/aromatic N) is 2. The molecule has 0 radical (unpaired) electrons. The molecule has 88 valence electrons. The zero-order valence-electron chi connectivity index (χ0n) is 9.51. The van der Waals surface area contributed by atoms with E-state index in [9.17, 15) is 4.79 Å². The lowest BCUT2D eigenvalue weighted by atomic mass is 10.3. The number of hydrogen-bond acceptors (Lipinski definition) is 4. The van der Waals surface area contributed by atoms with Crippen molar-refractivity contribution in [1.82, 2.24) is 9.88 Å². The smallest absolute Gasteiger partial charge is 0.354 e. The van der Waals surface area contributed by atoms with Gasteiger partial charge in [0.25, 0.3) is 0 Å². The van der Waals surface area contributed by atoms with Gasteiger partial charge in [-0.15, -0.1) is 0 Å². The second-order valence-electron chi connectivity index (χ2n) is 3.69. The van der Waals surface area contributed by atoms with Gasteiger partial charge in [-0.2, -0.15) is 0 Å². The van der Waals surface area contributed by atoms with Crippen LogP contribution in [0.5, 0.6) is 5.75 Å². The summed E-state index contributed by atoms with van der Waals surface area (Å²) < 4.78 is 5.42. The molecule has 0 aliphatic heterocycles. The number of hydrogen-bond donors (Lipinski definition) is 1. The van der Waals surface area contributed by atoms with E-state index in [1.54, 1.807) is 6.07 Å². The van der Waals surface area contributed by atoms with Gasteiger partial charge in [-0.25, -0.2) is 9.78 Å². The van der Waals surface area contributed by atoms with Crippen LogP contribution in [0.2, 0.25) is 0 Å². The van der Waals surface area contributed by atoms with Crippen molar-refractivity contribution in [1.29, 1.82) is 0 Å². The molecule has 0 bridgehead atoms. The zero-order valence-corrected chi connectivity index (χ0v) is 9.51. The fourth-order valence-corrected chi connectivity index (χ4v) is 1.19. The minimum Gasteiger partial charge on any atom is -0.493 e. The maximum Gasteiger partial charge on any atom is 0.354 e. The van der Waals surface area contributed by atoms with Crippen LogP contribution < -0.4 is 4.74 Å². The minimum absolute atomic E-state index is 0.00473. The van der Waals surface area contributed by atoms with Gasteiger partial charge < -0.3 is 14.7 Å². The molecule has 0 spiro atoms. The average Bonchev–Trinajstić information content (AvgIpc) is 2.24. The normalized spacial score (nSPS) is 10.4. The lowest BCUT2D eigenvalue weighted by molar-refractivity contribution is 0.0690. The van der Waals surface area contributed by atoms with Gasteiger partial charge >= 0.3 is 5.97 Å². The molecule has 5 nitrogen and oxygen atoms in total. The summed E-state index contributed by atoms with van der Waals surface area (Å²) in [5.41, 5.74) is 0.00473. The number of ether oxygens (including phenoxy) is 1. The summed E-state index contributed by atoms with van der Waals surface area (Å²) in [4.78, 5) is 16.4. The van der Waals surface area contributed by atoms with Gasteiger partial charge in [0.05, 0.1) is 6.61 Å². The highest BCUT2D eigenvalue weighted by atomic mass is 16.5. The standard InChI is InChI=1S/C11H16N2O3/c1-13(2)6-3-7-16-9-4-5-12-10(8-9)11(14)15/h4-5,8H,3,6-7H2,1-2H3,(H,14,15). The summed E-state index contributed by atoms with van der Waals surface area (Å²) in [5.74, 6) is -0.495. The molecule has 0 aliphatic rings. The molecule has 0 unspecified atom stereocenters. The highest BCUT2D eigenvalue weighted by Gasteiger charge is 2.05. The van der Waals surface area contributed by atoms with Crippen LogP contribution in [0.15, 0.2) is 18.3 Å². The van der Waals surface area contributed by atoms with Crippen LogP contribution in [0.1, 0.15) is 16.9 Å². The van der Waals surface area contributed by atoms with Crippen molar-refractivity contribution in [3.05, 3.63) is 24.0 Å². The highest BCUT2D eigenvalue weighted by molar-refractivity contribution is 5.85. The van der Waals surface area contributed by atoms with Crippen molar-refractivity contribution in [2.75, 3.05) is 27.2 Å². The summed E-state index contributed by atoms with van der Waals surface area (Å²) in [6, 6.07) is 3.08. The molecular weight excluding hydrogens is 208 g/mol. The van der Waals surface area contributed by atoms with Crippen molar-refractivity contribution in [3.63, 3.8) is 0 Å². The summed E-state index contributed by atoms with van der Waals surface area (Å²) in [6.45, 7) is 1.51. The van der Waals surface area contributed by atoms with E-state index in [0.29, 0.717) is 12.4 Å². The largest absolute Gasteiger partial charge is 0.493 e. The Morgan fingerprint density at radius 1 is 1.56 bits per heavy atom. The number of aromatic carboxylic acids is 1. The number of carboxylic acid groups (broad SMARTS) is 1. The molecular formula is C11H16N2O3. The molecule has 0 saturated carbocycles. The van der Waals surface area contributed by atoms with Crippen LogP contribution in [-0.2, 0) is 0 Å². The molecule has 0 aromatic carbocycles. The molecule has 0 amide bonds. The van der Waals surface area contributed by atoms with E-state index >= 15 is 0 Å². The Labute approximate surface area is 94.7 Å². The number of carbonyl (C=O) groups is 1. The van der Waals surface area contributed by atoms with E-state index in [1.165, 1.54) is 12.3 Å². The first-order chi connectivity index (χ1) is 7.59. The average molecular weight is 224 g/mol. The molecule has 1 N–H and O–H groups in total. The molecule has 0 aliphatic carbocycles. The Balaban J connectivity index is 2.42. The van der Waals surface area contributed by atoms with Crippen molar-refractivity contribution >= 4 is 5.97 Å². The number of carboxylic acids is 1. The van der Waals surface area contributed by atoms with Crippen LogP contribution in [-0.4, -0.2) is 48.2 Å². The van der Waals surface area contributed by atoms with Crippen LogP contribution in [0.4, 0.5) is 0 Å². The van der Waals surface area contributed by atoms with E-state index in [1.807, 2.05) is 14.1 Å². The molecule has 0 saturated heterocycles. The zero-order chi connectivity index (χ0) is 12.0. The van der Waals surface area contributed by atoms with E-state index in [-0.39, 0.29) is 5.69 Å². The molecule has 1 heterocycles. The Kier molecular flexibility index (Phi) is 4.72. The first-order valence-electron chi connectivity index (χ1n) is 5.06.